The Morgan fingerprint density at radius 3 is 2.39 bits per heavy atom. The van der Waals surface area contributed by atoms with Gasteiger partial charge in [0, 0.05) is 31.1 Å². The summed E-state index contributed by atoms with van der Waals surface area (Å²) in [6.07, 6.45) is 1.40. The van der Waals surface area contributed by atoms with E-state index in [0.29, 0.717) is 12.5 Å². The highest BCUT2D eigenvalue weighted by molar-refractivity contribution is 5.63. The van der Waals surface area contributed by atoms with E-state index in [1.807, 2.05) is 39.0 Å². The molecule has 0 saturated carbocycles. The van der Waals surface area contributed by atoms with E-state index in [1.165, 1.54) is 23.1 Å². The van der Waals surface area contributed by atoms with Crippen LogP contribution in [0, 0.1) is 18.6 Å². The predicted molar refractivity (Wildman–Crippen MR) is 105 cm³/mol. The third kappa shape index (κ3) is 5.04. The number of hydrogen-bond acceptors (Lipinski definition) is 5. The van der Waals surface area contributed by atoms with E-state index in [2.05, 4.69) is 20.7 Å². The van der Waals surface area contributed by atoms with E-state index >= 15 is 0 Å². The SMILES string of the molecule is COC(C)(C)CNc1cc(C)cc(Nc2ncn(-c3cc(F)cc(F)c3)n2)c1. The fraction of sp³-hybridized carbons (Fsp3) is 0.300. The first-order valence-corrected chi connectivity index (χ1v) is 8.80. The molecule has 8 heteroatoms. The summed E-state index contributed by atoms with van der Waals surface area (Å²) in [6, 6.07) is 9.10. The molecule has 3 aromatic rings. The van der Waals surface area contributed by atoms with Crippen molar-refractivity contribution in [1.29, 1.82) is 0 Å². The standard InChI is InChI=1S/C20H23F2N5O/c1-13-5-16(23-11-20(2,3)28-4)10-17(6-13)25-19-24-12-27(26-19)18-8-14(21)7-15(22)9-18/h5-10,12,23H,11H2,1-4H3,(H,25,26). The molecule has 0 saturated heterocycles. The van der Waals surface area contributed by atoms with Crippen LogP contribution in [0.3, 0.4) is 0 Å². The first-order valence-electron chi connectivity index (χ1n) is 8.80. The van der Waals surface area contributed by atoms with Gasteiger partial charge in [0.05, 0.1) is 11.3 Å². The fourth-order valence-corrected chi connectivity index (χ4v) is 2.59. The topological polar surface area (TPSA) is 64.0 Å². The number of aryl methyl sites for hydroxylation is 1. The molecule has 0 amide bonds. The number of nitrogens with one attached hydrogen (secondary N) is 2. The second kappa shape index (κ2) is 7.93. The van der Waals surface area contributed by atoms with E-state index in [9.17, 15) is 8.78 Å². The molecule has 0 fully saturated rings. The van der Waals surface area contributed by atoms with Crippen LogP contribution in [0.1, 0.15) is 19.4 Å². The zero-order chi connectivity index (χ0) is 20.3. The number of anilines is 3. The average molecular weight is 387 g/mol. The number of rotatable bonds is 7. The Bertz CT molecular complexity index is 951. The Morgan fingerprint density at radius 1 is 1.04 bits per heavy atom. The molecule has 2 aromatic carbocycles. The van der Waals surface area contributed by atoms with Crippen molar-refractivity contribution in [2.75, 3.05) is 24.3 Å². The van der Waals surface area contributed by atoms with Crippen LogP contribution in [0.5, 0.6) is 0 Å². The number of methoxy groups -OCH3 is 1. The van der Waals surface area contributed by atoms with Crippen molar-refractivity contribution in [3.05, 3.63) is 59.9 Å². The summed E-state index contributed by atoms with van der Waals surface area (Å²) in [7, 11) is 1.68. The molecule has 3 rings (SSSR count). The summed E-state index contributed by atoms with van der Waals surface area (Å²) < 4.78 is 33.5. The van der Waals surface area contributed by atoms with Gasteiger partial charge in [-0.1, -0.05) is 0 Å². The molecule has 0 bridgehead atoms. The van der Waals surface area contributed by atoms with Crippen LogP contribution in [-0.4, -0.2) is 34.0 Å². The molecule has 0 radical (unpaired) electrons. The minimum absolute atomic E-state index is 0.256. The maximum absolute atomic E-state index is 13.4. The van der Waals surface area contributed by atoms with Crippen molar-refractivity contribution < 1.29 is 13.5 Å². The van der Waals surface area contributed by atoms with Gasteiger partial charge in [-0.2, -0.15) is 4.98 Å². The van der Waals surface area contributed by atoms with Crippen LogP contribution in [0.25, 0.3) is 5.69 Å². The van der Waals surface area contributed by atoms with Crippen LogP contribution in [-0.2, 0) is 4.74 Å². The van der Waals surface area contributed by atoms with Gasteiger partial charge in [-0.05, 0) is 56.7 Å². The molecule has 2 N–H and O–H groups in total. The normalized spacial score (nSPS) is 11.5. The van der Waals surface area contributed by atoms with Gasteiger partial charge in [0.1, 0.15) is 18.0 Å². The molecule has 0 atom stereocenters. The van der Waals surface area contributed by atoms with E-state index in [0.717, 1.165) is 23.0 Å². The maximum Gasteiger partial charge on any atom is 0.246 e. The number of aromatic nitrogens is 3. The molecule has 0 aliphatic rings. The molecular formula is C20H23F2N5O. The molecule has 0 aliphatic carbocycles. The van der Waals surface area contributed by atoms with Crippen molar-refractivity contribution in [2.45, 2.75) is 26.4 Å². The van der Waals surface area contributed by atoms with Crippen LogP contribution in [0.2, 0.25) is 0 Å². The smallest absolute Gasteiger partial charge is 0.246 e. The Balaban J connectivity index is 1.76. The minimum atomic E-state index is -0.673. The van der Waals surface area contributed by atoms with E-state index in [4.69, 9.17) is 4.74 Å². The Morgan fingerprint density at radius 2 is 1.71 bits per heavy atom. The molecule has 28 heavy (non-hydrogen) atoms. The zero-order valence-electron chi connectivity index (χ0n) is 16.3. The lowest BCUT2D eigenvalue weighted by Gasteiger charge is -2.24. The Labute approximate surface area is 162 Å². The number of benzene rings is 2. The van der Waals surface area contributed by atoms with Gasteiger partial charge < -0.3 is 15.4 Å². The van der Waals surface area contributed by atoms with Gasteiger partial charge in [0.15, 0.2) is 0 Å². The molecule has 148 valence electrons. The number of ether oxygens (including phenoxy) is 1. The van der Waals surface area contributed by atoms with Gasteiger partial charge in [0.2, 0.25) is 5.95 Å². The highest BCUT2D eigenvalue weighted by Gasteiger charge is 2.16. The molecule has 0 spiro atoms. The second-order valence-electron chi connectivity index (χ2n) is 7.17. The van der Waals surface area contributed by atoms with Crippen molar-refractivity contribution in [3.63, 3.8) is 0 Å². The van der Waals surface area contributed by atoms with Crippen LogP contribution in [0.4, 0.5) is 26.1 Å². The van der Waals surface area contributed by atoms with E-state index in [1.54, 1.807) is 7.11 Å². The number of hydrogen-bond donors (Lipinski definition) is 2. The molecule has 6 nitrogen and oxygen atoms in total. The molecular weight excluding hydrogens is 364 g/mol. The summed E-state index contributed by atoms with van der Waals surface area (Å²) >= 11 is 0. The first kappa shape index (κ1) is 19.8. The fourth-order valence-electron chi connectivity index (χ4n) is 2.59. The van der Waals surface area contributed by atoms with E-state index in [-0.39, 0.29) is 11.3 Å². The van der Waals surface area contributed by atoms with E-state index < -0.39 is 11.6 Å². The van der Waals surface area contributed by atoms with Gasteiger partial charge in [-0.25, -0.2) is 13.5 Å². The monoisotopic (exact) mass is 387 g/mol. The molecule has 1 aromatic heterocycles. The van der Waals surface area contributed by atoms with Gasteiger partial charge >= 0.3 is 0 Å². The second-order valence-corrected chi connectivity index (χ2v) is 7.17. The summed E-state index contributed by atoms with van der Waals surface area (Å²) in [5.41, 5.74) is 2.73. The number of nitrogens with zero attached hydrogens (tertiary/aromatic N) is 3. The average Bonchev–Trinajstić information content (AvgIpc) is 3.07. The minimum Gasteiger partial charge on any atom is -0.382 e. The van der Waals surface area contributed by atoms with Crippen molar-refractivity contribution in [1.82, 2.24) is 14.8 Å². The summed E-state index contributed by atoms with van der Waals surface area (Å²) in [6.45, 7) is 6.63. The van der Waals surface area contributed by atoms with Gasteiger partial charge in [-0.3, -0.25) is 0 Å². The molecule has 0 aliphatic heterocycles. The van der Waals surface area contributed by atoms with Gasteiger partial charge in [-0.15, -0.1) is 5.10 Å². The lowest BCUT2D eigenvalue weighted by molar-refractivity contribution is 0.0344. The summed E-state index contributed by atoms with van der Waals surface area (Å²) in [5, 5.41) is 10.7. The highest BCUT2D eigenvalue weighted by atomic mass is 19.1. The van der Waals surface area contributed by atoms with Gasteiger partial charge in [0.25, 0.3) is 0 Å². The third-order valence-electron chi connectivity index (χ3n) is 4.21. The molecule has 1 heterocycles. The highest BCUT2D eigenvalue weighted by Crippen LogP contribution is 2.22. The largest absolute Gasteiger partial charge is 0.382 e. The quantitative estimate of drug-likeness (QED) is 0.628. The predicted octanol–water partition coefficient (Wildman–Crippen LogP) is 4.43. The lowest BCUT2D eigenvalue weighted by atomic mass is 10.1. The van der Waals surface area contributed by atoms with Crippen LogP contribution >= 0.6 is 0 Å². The lowest BCUT2D eigenvalue weighted by Crippen LogP contribution is -2.32. The zero-order valence-corrected chi connectivity index (χ0v) is 16.3. The van der Waals surface area contributed by atoms with Crippen molar-refractivity contribution >= 4 is 17.3 Å². The van der Waals surface area contributed by atoms with Crippen LogP contribution < -0.4 is 10.6 Å². The molecule has 0 unspecified atom stereocenters. The Kier molecular flexibility index (Phi) is 5.60. The first-order chi connectivity index (χ1) is 13.2. The number of halogens is 2. The maximum atomic E-state index is 13.4. The third-order valence-corrected chi connectivity index (χ3v) is 4.21. The van der Waals surface area contributed by atoms with Crippen molar-refractivity contribution in [3.8, 4) is 5.69 Å². The van der Waals surface area contributed by atoms with Crippen molar-refractivity contribution in [2.24, 2.45) is 0 Å². The van der Waals surface area contributed by atoms with Crippen LogP contribution in [0.15, 0.2) is 42.7 Å². The summed E-state index contributed by atoms with van der Waals surface area (Å²) in [4.78, 5) is 4.16. The summed E-state index contributed by atoms with van der Waals surface area (Å²) in [5.74, 6) is -1.03. The Hall–Kier alpha value is -3.00.